The number of rotatable bonds is 5. The van der Waals surface area contributed by atoms with E-state index in [1.54, 1.807) is 24.3 Å². The molecule has 1 aliphatic heterocycles. The zero-order valence-electron chi connectivity index (χ0n) is 16.4. The summed E-state index contributed by atoms with van der Waals surface area (Å²) in [6.45, 7) is 2.09. The van der Waals surface area contributed by atoms with Crippen molar-refractivity contribution < 1.29 is 19.1 Å². The second-order valence-corrected chi connectivity index (χ2v) is 8.14. The minimum atomic E-state index is -1.09. The largest absolute Gasteiger partial charge is 0.478 e. The highest BCUT2D eigenvalue weighted by Gasteiger charge is 2.24. The minimum absolute atomic E-state index is 0.0227. The van der Waals surface area contributed by atoms with E-state index < -0.39 is 5.97 Å². The van der Waals surface area contributed by atoms with Gasteiger partial charge in [-0.25, -0.2) is 9.79 Å². The summed E-state index contributed by atoms with van der Waals surface area (Å²) in [7, 11) is 0. The van der Waals surface area contributed by atoms with E-state index >= 15 is 0 Å². The van der Waals surface area contributed by atoms with Gasteiger partial charge in [-0.1, -0.05) is 36.7 Å². The Kier molecular flexibility index (Phi) is 5.97. The van der Waals surface area contributed by atoms with Gasteiger partial charge >= 0.3 is 5.97 Å². The van der Waals surface area contributed by atoms with E-state index in [-0.39, 0.29) is 16.5 Å². The molecule has 1 aliphatic rings. The molecule has 2 N–H and O–H groups in total. The fourth-order valence-corrected chi connectivity index (χ4v) is 4.04. The van der Waals surface area contributed by atoms with Crippen LogP contribution in [0.25, 0.3) is 17.4 Å². The smallest absolute Gasteiger partial charge is 0.337 e. The molecule has 0 bridgehead atoms. The predicted octanol–water partition coefficient (Wildman–Crippen LogP) is 5.75. The Morgan fingerprint density at radius 2 is 1.97 bits per heavy atom. The summed E-state index contributed by atoms with van der Waals surface area (Å²) in [5.41, 5.74) is 2.65. The molecule has 6 nitrogen and oxygen atoms in total. The molecular weight excluding hydrogens is 436 g/mol. The molecule has 0 aliphatic carbocycles. The van der Waals surface area contributed by atoms with E-state index in [4.69, 9.17) is 21.1 Å². The summed E-state index contributed by atoms with van der Waals surface area (Å²) in [6, 6.07) is 15.9. The molecule has 3 aromatic rings. The van der Waals surface area contributed by atoms with Gasteiger partial charge in [0.05, 0.1) is 21.2 Å². The van der Waals surface area contributed by atoms with Crippen molar-refractivity contribution in [3.8, 4) is 11.3 Å². The maximum absolute atomic E-state index is 12.3. The first-order chi connectivity index (χ1) is 14.9. The van der Waals surface area contributed by atoms with E-state index in [1.807, 2.05) is 24.3 Å². The predicted molar refractivity (Wildman–Crippen MR) is 123 cm³/mol. The number of nitrogens with zero attached hydrogens (tertiary/aromatic N) is 1. The van der Waals surface area contributed by atoms with Gasteiger partial charge in [0.25, 0.3) is 5.91 Å². The van der Waals surface area contributed by atoms with Crippen molar-refractivity contribution in [1.29, 1.82) is 0 Å². The first-order valence-electron chi connectivity index (χ1n) is 9.44. The van der Waals surface area contributed by atoms with Gasteiger partial charge in [0.15, 0.2) is 5.17 Å². The van der Waals surface area contributed by atoms with Gasteiger partial charge in [0, 0.05) is 11.6 Å². The molecule has 0 radical (unpaired) electrons. The van der Waals surface area contributed by atoms with Crippen LogP contribution in [0.5, 0.6) is 0 Å². The van der Waals surface area contributed by atoms with Crippen molar-refractivity contribution in [2.75, 3.05) is 0 Å². The quantitative estimate of drug-likeness (QED) is 0.481. The Labute approximate surface area is 187 Å². The van der Waals surface area contributed by atoms with Gasteiger partial charge in [-0.05, 0) is 60.1 Å². The van der Waals surface area contributed by atoms with Crippen molar-refractivity contribution >= 4 is 52.2 Å². The monoisotopic (exact) mass is 452 g/mol. The number of nitrogens with one attached hydrogen (secondary N) is 1. The number of halogens is 1. The molecule has 0 saturated carbocycles. The number of aryl methyl sites for hydroxylation is 1. The lowest BCUT2D eigenvalue weighted by molar-refractivity contribution is -0.115. The molecule has 4 rings (SSSR count). The van der Waals surface area contributed by atoms with E-state index in [2.05, 4.69) is 17.2 Å². The molecule has 8 heteroatoms. The standard InChI is InChI=1S/C23H17ClN2O4S/c1-2-13-3-6-15(7-4-13)25-23-26-21(27)20(31-23)12-16-8-10-19(30-16)14-5-9-17(22(28)29)18(24)11-14/h3-12H,2H2,1H3,(H,28,29)(H,25,26,27)/b20-12-. The van der Waals surface area contributed by atoms with E-state index in [0.29, 0.717) is 27.2 Å². The number of amides is 1. The Bertz CT molecular complexity index is 1230. The highest BCUT2D eigenvalue weighted by atomic mass is 35.5. The second-order valence-electron chi connectivity index (χ2n) is 6.70. The maximum atomic E-state index is 12.3. The normalized spacial score (nSPS) is 16.1. The topological polar surface area (TPSA) is 91.9 Å². The number of furan rings is 1. The second kappa shape index (κ2) is 8.83. The van der Waals surface area contributed by atoms with Crippen molar-refractivity contribution in [3.05, 3.63) is 81.4 Å². The highest BCUT2D eigenvalue weighted by Crippen LogP contribution is 2.31. The molecule has 0 spiro atoms. The van der Waals surface area contributed by atoms with Crippen molar-refractivity contribution in [2.24, 2.45) is 4.99 Å². The lowest BCUT2D eigenvalue weighted by atomic mass is 10.1. The summed E-state index contributed by atoms with van der Waals surface area (Å²) in [5.74, 6) is -0.344. The number of carboxylic acid groups (broad SMARTS) is 1. The lowest BCUT2D eigenvalue weighted by Gasteiger charge is -2.01. The first kappa shape index (κ1) is 21.0. The zero-order chi connectivity index (χ0) is 22.0. The Balaban J connectivity index is 1.52. The number of amidine groups is 1. The van der Waals surface area contributed by atoms with Gasteiger partial charge in [-0.3, -0.25) is 4.79 Å². The number of carbonyl (C=O) groups is 2. The number of hydrogen-bond acceptors (Lipinski definition) is 5. The molecule has 1 amide bonds. The van der Waals surface area contributed by atoms with Crippen LogP contribution < -0.4 is 5.32 Å². The third-order valence-electron chi connectivity index (χ3n) is 4.61. The van der Waals surface area contributed by atoms with Crippen LogP contribution in [-0.4, -0.2) is 22.2 Å². The number of benzene rings is 2. The summed E-state index contributed by atoms with van der Waals surface area (Å²) < 4.78 is 5.80. The molecule has 1 aromatic heterocycles. The maximum Gasteiger partial charge on any atom is 0.337 e. The van der Waals surface area contributed by atoms with Crippen LogP contribution in [0, 0.1) is 0 Å². The van der Waals surface area contributed by atoms with Gasteiger partial charge in [0.2, 0.25) is 0 Å². The molecule has 0 unspecified atom stereocenters. The third kappa shape index (κ3) is 4.73. The summed E-state index contributed by atoms with van der Waals surface area (Å²) in [6.07, 6.45) is 2.59. The van der Waals surface area contributed by atoms with Crippen LogP contribution in [0.15, 0.2) is 68.9 Å². The van der Waals surface area contributed by atoms with E-state index in [0.717, 1.165) is 12.1 Å². The summed E-state index contributed by atoms with van der Waals surface area (Å²) in [4.78, 5) is 28.3. The molecule has 31 heavy (non-hydrogen) atoms. The average Bonchev–Trinajstić information content (AvgIpc) is 3.35. The fraction of sp³-hybridized carbons (Fsp3) is 0.0870. The molecular formula is C23H17ClN2O4S. The molecule has 2 aromatic carbocycles. The Morgan fingerprint density at radius 1 is 1.19 bits per heavy atom. The van der Waals surface area contributed by atoms with E-state index in [9.17, 15) is 9.59 Å². The minimum Gasteiger partial charge on any atom is -0.478 e. The third-order valence-corrected chi connectivity index (χ3v) is 5.83. The van der Waals surface area contributed by atoms with Gasteiger partial charge in [-0.2, -0.15) is 0 Å². The SMILES string of the molecule is CCc1ccc(N=C2NC(=O)/C(=C/c3ccc(-c4ccc(C(=O)O)c(Cl)c4)o3)S2)cc1. The highest BCUT2D eigenvalue weighted by molar-refractivity contribution is 8.18. The van der Waals surface area contributed by atoms with Crippen LogP contribution >= 0.6 is 23.4 Å². The molecule has 0 atom stereocenters. The van der Waals surface area contributed by atoms with Gasteiger partial charge in [-0.15, -0.1) is 0 Å². The summed E-state index contributed by atoms with van der Waals surface area (Å²) in [5, 5.41) is 12.5. The van der Waals surface area contributed by atoms with Crippen LogP contribution in [0.3, 0.4) is 0 Å². The van der Waals surface area contributed by atoms with Crippen LogP contribution in [0.4, 0.5) is 5.69 Å². The number of thioether (sulfide) groups is 1. The molecule has 2 heterocycles. The van der Waals surface area contributed by atoms with Crippen molar-refractivity contribution in [1.82, 2.24) is 5.32 Å². The number of aliphatic imine (C=N–C) groups is 1. The average molecular weight is 453 g/mol. The molecule has 1 fully saturated rings. The van der Waals surface area contributed by atoms with Crippen LogP contribution in [-0.2, 0) is 11.2 Å². The number of aromatic carboxylic acids is 1. The first-order valence-corrected chi connectivity index (χ1v) is 10.6. The zero-order valence-corrected chi connectivity index (χ0v) is 18.0. The number of carbonyl (C=O) groups excluding carboxylic acids is 1. The van der Waals surface area contributed by atoms with Gasteiger partial charge < -0.3 is 14.8 Å². The van der Waals surface area contributed by atoms with Crippen molar-refractivity contribution in [2.45, 2.75) is 13.3 Å². The Hall–Kier alpha value is -3.29. The lowest BCUT2D eigenvalue weighted by Crippen LogP contribution is -2.19. The van der Waals surface area contributed by atoms with Gasteiger partial charge in [0.1, 0.15) is 11.5 Å². The van der Waals surface area contributed by atoms with Crippen LogP contribution in [0.1, 0.15) is 28.6 Å². The fourth-order valence-electron chi connectivity index (χ4n) is 2.96. The Morgan fingerprint density at radius 3 is 2.65 bits per heavy atom. The molecule has 1 saturated heterocycles. The van der Waals surface area contributed by atoms with Crippen molar-refractivity contribution in [3.63, 3.8) is 0 Å². The molecule has 156 valence electrons. The summed E-state index contributed by atoms with van der Waals surface area (Å²) >= 11 is 7.27. The number of hydrogen-bond donors (Lipinski definition) is 2. The van der Waals surface area contributed by atoms with E-state index in [1.165, 1.54) is 29.5 Å². The van der Waals surface area contributed by atoms with Crippen LogP contribution in [0.2, 0.25) is 5.02 Å². The number of carboxylic acids is 1.